The molecule has 2 aromatic carbocycles. The van der Waals surface area contributed by atoms with E-state index in [9.17, 15) is 17.6 Å². The van der Waals surface area contributed by atoms with Crippen molar-refractivity contribution in [2.75, 3.05) is 7.05 Å². The van der Waals surface area contributed by atoms with Crippen molar-refractivity contribution in [1.29, 1.82) is 0 Å². The van der Waals surface area contributed by atoms with E-state index < -0.39 is 11.7 Å². The average molecular weight is 297 g/mol. The lowest BCUT2D eigenvalue weighted by Crippen LogP contribution is -2.19. The van der Waals surface area contributed by atoms with Gasteiger partial charge in [-0.15, -0.1) is 0 Å². The molecule has 0 spiro atoms. The van der Waals surface area contributed by atoms with Crippen LogP contribution in [-0.4, -0.2) is 7.05 Å². The van der Waals surface area contributed by atoms with Gasteiger partial charge in [0.1, 0.15) is 5.82 Å². The minimum absolute atomic E-state index is 0.172. The molecule has 0 saturated carbocycles. The molecular formula is C16H15F4N. The first kappa shape index (κ1) is 15.5. The van der Waals surface area contributed by atoms with Gasteiger partial charge in [0.15, 0.2) is 0 Å². The molecule has 5 heteroatoms. The Hall–Kier alpha value is -1.88. The van der Waals surface area contributed by atoms with Gasteiger partial charge in [0.2, 0.25) is 0 Å². The summed E-state index contributed by atoms with van der Waals surface area (Å²) in [6, 6.07) is 11.0. The van der Waals surface area contributed by atoms with E-state index in [1.165, 1.54) is 18.2 Å². The summed E-state index contributed by atoms with van der Waals surface area (Å²) < 4.78 is 51.0. The monoisotopic (exact) mass is 297 g/mol. The normalized spacial score (nSPS) is 13.2. The van der Waals surface area contributed by atoms with E-state index in [1.54, 1.807) is 25.2 Å². The maximum Gasteiger partial charge on any atom is 0.416 e. The molecule has 0 saturated heterocycles. The summed E-state index contributed by atoms with van der Waals surface area (Å²) >= 11 is 0. The molecule has 1 nitrogen and oxygen atoms in total. The van der Waals surface area contributed by atoms with Crippen molar-refractivity contribution in [3.63, 3.8) is 0 Å². The fourth-order valence-corrected chi connectivity index (χ4v) is 2.19. The number of halogens is 4. The first-order chi connectivity index (χ1) is 9.90. The SMILES string of the molecule is CNC(Cc1cccc(C(F)(F)F)c1)c1ccc(F)cc1. The Morgan fingerprint density at radius 3 is 2.29 bits per heavy atom. The van der Waals surface area contributed by atoms with E-state index >= 15 is 0 Å². The minimum Gasteiger partial charge on any atom is -0.313 e. The lowest BCUT2D eigenvalue weighted by Gasteiger charge is -2.17. The van der Waals surface area contributed by atoms with Gasteiger partial charge in [-0.05, 0) is 42.8 Å². The van der Waals surface area contributed by atoms with Crippen LogP contribution in [0.2, 0.25) is 0 Å². The molecular weight excluding hydrogens is 282 g/mol. The molecule has 1 atom stereocenters. The summed E-state index contributed by atoms with van der Waals surface area (Å²) in [5.41, 5.74) is 0.749. The quantitative estimate of drug-likeness (QED) is 0.827. The second kappa shape index (κ2) is 6.26. The highest BCUT2D eigenvalue weighted by molar-refractivity contribution is 5.28. The van der Waals surface area contributed by atoms with Crippen LogP contribution in [0.1, 0.15) is 22.7 Å². The van der Waals surface area contributed by atoms with Gasteiger partial charge in [0, 0.05) is 6.04 Å². The van der Waals surface area contributed by atoms with Crippen LogP contribution < -0.4 is 5.32 Å². The van der Waals surface area contributed by atoms with Crippen LogP contribution in [0.4, 0.5) is 17.6 Å². The molecule has 2 rings (SSSR count). The molecule has 0 fully saturated rings. The summed E-state index contributed by atoms with van der Waals surface area (Å²) in [4.78, 5) is 0. The highest BCUT2D eigenvalue weighted by Crippen LogP contribution is 2.30. The van der Waals surface area contributed by atoms with Crippen molar-refractivity contribution < 1.29 is 17.6 Å². The van der Waals surface area contributed by atoms with Crippen LogP contribution in [0.3, 0.4) is 0 Å². The van der Waals surface area contributed by atoms with E-state index in [0.717, 1.165) is 17.7 Å². The standard InChI is InChI=1S/C16H15F4N/c1-21-15(12-5-7-14(17)8-6-12)10-11-3-2-4-13(9-11)16(18,19)20/h2-9,15,21H,10H2,1H3. The summed E-state index contributed by atoms with van der Waals surface area (Å²) in [5.74, 6) is -0.340. The van der Waals surface area contributed by atoms with Crippen molar-refractivity contribution in [1.82, 2.24) is 5.32 Å². The third-order valence-electron chi connectivity index (χ3n) is 3.31. The van der Waals surface area contributed by atoms with Gasteiger partial charge in [-0.1, -0.05) is 30.3 Å². The Morgan fingerprint density at radius 2 is 1.71 bits per heavy atom. The lowest BCUT2D eigenvalue weighted by molar-refractivity contribution is -0.137. The highest BCUT2D eigenvalue weighted by atomic mass is 19.4. The lowest BCUT2D eigenvalue weighted by atomic mass is 9.98. The third-order valence-corrected chi connectivity index (χ3v) is 3.31. The van der Waals surface area contributed by atoms with Crippen LogP contribution in [-0.2, 0) is 12.6 Å². The molecule has 0 aliphatic carbocycles. The van der Waals surface area contributed by atoms with Gasteiger partial charge < -0.3 is 5.32 Å². The molecule has 1 unspecified atom stereocenters. The van der Waals surface area contributed by atoms with Crippen LogP contribution in [0.5, 0.6) is 0 Å². The van der Waals surface area contributed by atoms with Gasteiger partial charge in [-0.25, -0.2) is 4.39 Å². The predicted molar refractivity (Wildman–Crippen MR) is 73.3 cm³/mol. The number of likely N-dealkylation sites (N-methyl/N-ethyl adjacent to an activating group) is 1. The Bertz CT molecular complexity index is 590. The highest BCUT2D eigenvalue weighted by Gasteiger charge is 2.30. The average Bonchev–Trinajstić information content (AvgIpc) is 2.45. The fraction of sp³-hybridized carbons (Fsp3) is 0.250. The van der Waals surface area contributed by atoms with Crippen LogP contribution in [0, 0.1) is 5.82 Å². The van der Waals surface area contributed by atoms with Crippen LogP contribution >= 0.6 is 0 Å². The Labute approximate surface area is 120 Å². The maximum absolute atomic E-state index is 12.9. The molecule has 0 radical (unpaired) electrons. The van der Waals surface area contributed by atoms with Gasteiger partial charge in [0.05, 0.1) is 5.56 Å². The van der Waals surface area contributed by atoms with Gasteiger partial charge in [0.25, 0.3) is 0 Å². The summed E-state index contributed by atoms with van der Waals surface area (Å²) in [5, 5.41) is 3.04. The van der Waals surface area contributed by atoms with E-state index in [2.05, 4.69) is 5.32 Å². The molecule has 0 heterocycles. The van der Waals surface area contributed by atoms with E-state index in [1.807, 2.05) is 0 Å². The number of nitrogens with one attached hydrogen (secondary N) is 1. The Kier molecular flexibility index (Phi) is 4.63. The first-order valence-electron chi connectivity index (χ1n) is 6.49. The van der Waals surface area contributed by atoms with Crippen LogP contribution in [0.15, 0.2) is 48.5 Å². The van der Waals surface area contributed by atoms with Gasteiger partial charge >= 0.3 is 6.18 Å². The maximum atomic E-state index is 12.9. The molecule has 2 aromatic rings. The Balaban J connectivity index is 2.21. The van der Waals surface area contributed by atoms with Crippen molar-refractivity contribution in [3.05, 3.63) is 71.0 Å². The predicted octanol–water partition coefficient (Wildman–Crippen LogP) is 4.35. The molecule has 0 aliphatic rings. The van der Waals surface area contributed by atoms with E-state index in [4.69, 9.17) is 0 Å². The first-order valence-corrected chi connectivity index (χ1v) is 6.49. The second-order valence-electron chi connectivity index (χ2n) is 4.80. The third kappa shape index (κ3) is 4.04. The van der Waals surface area contributed by atoms with Gasteiger partial charge in [-0.3, -0.25) is 0 Å². The number of rotatable bonds is 4. The fourth-order valence-electron chi connectivity index (χ4n) is 2.19. The largest absolute Gasteiger partial charge is 0.416 e. The van der Waals surface area contributed by atoms with E-state index in [-0.39, 0.29) is 11.9 Å². The van der Waals surface area contributed by atoms with E-state index in [0.29, 0.717) is 12.0 Å². The summed E-state index contributed by atoms with van der Waals surface area (Å²) in [6.45, 7) is 0. The zero-order valence-electron chi connectivity index (χ0n) is 11.4. The Morgan fingerprint density at radius 1 is 1.05 bits per heavy atom. The zero-order valence-corrected chi connectivity index (χ0v) is 11.4. The minimum atomic E-state index is -4.35. The van der Waals surface area contributed by atoms with Crippen molar-refractivity contribution in [2.45, 2.75) is 18.6 Å². The number of hydrogen-bond acceptors (Lipinski definition) is 1. The molecule has 0 bridgehead atoms. The number of hydrogen-bond donors (Lipinski definition) is 1. The smallest absolute Gasteiger partial charge is 0.313 e. The molecule has 1 N–H and O–H groups in total. The number of benzene rings is 2. The van der Waals surface area contributed by atoms with Crippen LogP contribution in [0.25, 0.3) is 0 Å². The van der Waals surface area contributed by atoms with Crippen molar-refractivity contribution >= 4 is 0 Å². The molecule has 21 heavy (non-hydrogen) atoms. The molecule has 0 amide bonds. The van der Waals surface area contributed by atoms with Crippen molar-refractivity contribution in [2.24, 2.45) is 0 Å². The molecule has 0 aromatic heterocycles. The topological polar surface area (TPSA) is 12.0 Å². The summed E-state index contributed by atoms with van der Waals surface area (Å²) in [6.07, 6.45) is -3.95. The molecule has 0 aliphatic heterocycles. The molecule has 112 valence electrons. The second-order valence-corrected chi connectivity index (χ2v) is 4.80. The summed E-state index contributed by atoms with van der Waals surface area (Å²) in [7, 11) is 1.72. The van der Waals surface area contributed by atoms with Gasteiger partial charge in [-0.2, -0.15) is 13.2 Å². The zero-order chi connectivity index (χ0) is 15.5. The van der Waals surface area contributed by atoms with Crippen molar-refractivity contribution in [3.8, 4) is 0 Å². The number of alkyl halides is 3.